The summed E-state index contributed by atoms with van der Waals surface area (Å²) in [6.07, 6.45) is 56.3. The maximum Gasteiger partial charge on any atom is 0.472 e. The Balaban J connectivity index is 5.29. The van der Waals surface area contributed by atoms with Gasteiger partial charge in [-0.1, -0.05) is 317 Å². The van der Waals surface area contributed by atoms with Gasteiger partial charge in [-0.2, -0.15) is 0 Å². The lowest BCUT2D eigenvalue weighted by Gasteiger charge is -2.21. The second kappa shape index (κ2) is 67.1. The number of hydrogen-bond donors (Lipinski definition) is 3. The third-order valence-electron chi connectivity index (χ3n) is 17.3. The number of unbranched alkanes of at least 4 members (excludes halogenated alkanes) is 38. The van der Waals surface area contributed by atoms with Gasteiger partial charge in [-0.25, -0.2) is 9.13 Å². The highest BCUT2D eigenvalue weighted by molar-refractivity contribution is 7.47. The first kappa shape index (κ1) is 93.5. The van der Waals surface area contributed by atoms with E-state index in [1.165, 1.54) is 161 Å². The van der Waals surface area contributed by atoms with Crippen LogP contribution in [0.15, 0.2) is 24.3 Å². The van der Waals surface area contributed by atoms with Crippen molar-refractivity contribution < 1.29 is 80.2 Å². The number of aliphatic hydroxyl groups is 1. The molecule has 0 fully saturated rings. The van der Waals surface area contributed by atoms with Crippen LogP contribution in [0.3, 0.4) is 0 Å². The van der Waals surface area contributed by atoms with Gasteiger partial charge >= 0.3 is 39.5 Å². The van der Waals surface area contributed by atoms with E-state index in [0.29, 0.717) is 31.6 Å². The third-order valence-corrected chi connectivity index (χ3v) is 19.2. The quantitative estimate of drug-likeness (QED) is 0.0169. The molecule has 0 aliphatic rings. The maximum atomic E-state index is 13.1. The molecule has 96 heavy (non-hydrogen) atoms. The number of aliphatic hydroxyl groups excluding tert-OH is 1. The molecule has 0 aromatic rings. The van der Waals surface area contributed by atoms with Gasteiger partial charge in [0.25, 0.3) is 0 Å². The van der Waals surface area contributed by atoms with Crippen molar-refractivity contribution in [2.75, 3.05) is 39.6 Å². The smallest absolute Gasteiger partial charge is 0.462 e. The molecule has 3 N–H and O–H groups in total. The summed E-state index contributed by atoms with van der Waals surface area (Å²) in [7, 11) is -9.93. The summed E-state index contributed by atoms with van der Waals surface area (Å²) in [6, 6.07) is 0. The van der Waals surface area contributed by atoms with Crippen molar-refractivity contribution in [1.29, 1.82) is 0 Å². The zero-order valence-corrected chi connectivity index (χ0v) is 64.1. The molecule has 566 valence electrons. The maximum absolute atomic E-state index is 13.1. The zero-order chi connectivity index (χ0) is 70.9. The minimum atomic E-state index is -4.96. The lowest BCUT2D eigenvalue weighted by Crippen LogP contribution is -2.30. The molecule has 0 aliphatic heterocycles. The van der Waals surface area contributed by atoms with E-state index >= 15 is 0 Å². The van der Waals surface area contributed by atoms with Gasteiger partial charge in [0, 0.05) is 25.7 Å². The van der Waals surface area contributed by atoms with Crippen LogP contribution < -0.4 is 0 Å². The largest absolute Gasteiger partial charge is 0.472 e. The summed E-state index contributed by atoms with van der Waals surface area (Å²) in [5.41, 5.74) is 0. The Labute approximate surface area is 586 Å². The van der Waals surface area contributed by atoms with Gasteiger partial charge < -0.3 is 33.8 Å². The molecule has 0 amide bonds. The second-order valence-corrected chi connectivity index (χ2v) is 31.4. The van der Waals surface area contributed by atoms with Crippen LogP contribution in [0.4, 0.5) is 0 Å². The SMILES string of the molecule is CCCCCC/C=C\C=C/CCCCCCCC(=O)O[C@H](COC(=O)CCCCCCCCCC(C)C)COP(=O)(O)OCC(O)COP(=O)(O)OC[C@@H](COC(=O)CCCCCCCCCCCCCCCC(C)C)OC(=O)CCCCCCCCCCCCCCC(C)C. The van der Waals surface area contributed by atoms with Crippen molar-refractivity contribution in [3.8, 4) is 0 Å². The summed E-state index contributed by atoms with van der Waals surface area (Å²) >= 11 is 0. The van der Waals surface area contributed by atoms with Gasteiger partial charge in [0.2, 0.25) is 0 Å². The molecular formula is C77H146O17P2. The lowest BCUT2D eigenvalue weighted by molar-refractivity contribution is -0.161. The standard InChI is InChI=1S/C77H146O17P2/c1-8-9-10-11-12-13-14-15-16-19-26-31-38-46-53-60-76(81)94-73(65-88-75(80)59-52-45-40-33-36-43-50-57-70(6)7)67-92-96(85,86)90-63-71(78)62-89-95(83,84)91-66-72(93-77(82)61-54-47-39-32-27-22-21-24-29-35-42-49-56-69(4)5)64-87-74(79)58-51-44-37-30-25-20-17-18-23-28-34-41-48-55-68(2)3/h13-16,68-73,78H,8-12,17-67H2,1-7H3,(H,83,84)(H,85,86)/b14-13-,16-15-/t71?,72-,73-/m1/s1. The van der Waals surface area contributed by atoms with Crippen molar-refractivity contribution in [2.24, 2.45) is 17.8 Å². The average Bonchev–Trinajstić information content (AvgIpc) is 2.21. The van der Waals surface area contributed by atoms with Crippen molar-refractivity contribution in [1.82, 2.24) is 0 Å². The molecule has 19 heteroatoms. The number of carbonyl (C=O) groups is 4. The number of phosphoric ester groups is 2. The molecule has 0 bridgehead atoms. The van der Waals surface area contributed by atoms with E-state index in [1.54, 1.807) is 0 Å². The van der Waals surface area contributed by atoms with E-state index in [1.807, 2.05) is 0 Å². The second-order valence-electron chi connectivity index (χ2n) is 28.5. The van der Waals surface area contributed by atoms with Crippen LogP contribution in [0.1, 0.15) is 370 Å². The molecule has 0 saturated carbocycles. The zero-order valence-electron chi connectivity index (χ0n) is 62.3. The molecule has 0 aromatic carbocycles. The Kier molecular flexibility index (Phi) is 65.3. The molecule has 0 heterocycles. The van der Waals surface area contributed by atoms with Crippen LogP contribution >= 0.6 is 15.6 Å². The number of rotatable bonds is 73. The number of esters is 4. The molecular weight excluding hydrogens is 1260 g/mol. The minimum absolute atomic E-state index is 0.0840. The summed E-state index contributed by atoms with van der Waals surface area (Å²) < 4.78 is 68.5. The molecule has 5 atom stereocenters. The summed E-state index contributed by atoms with van der Waals surface area (Å²) in [6.45, 7) is 11.8. The Hall–Kier alpha value is -2.46. The van der Waals surface area contributed by atoms with E-state index < -0.39 is 97.5 Å². The summed E-state index contributed by atoms with van der Waals surface area (Å²) in [5.74, 6) is 0.119. The molecule has 0 aromatic heterocycles. The first-order valence-corrected chi connectivity index (χ1v) is 42.2. The van der Waals surface area contributed by atoms with Crippen molar-refractivity contribution >= 4 is 39.5 Å². The van der Waals surface area contributed by atoms with Crippen LogP contribution in [0.2, 0.25) is 0 Å². The van der Waals surface area contributed by atoms with Crippen molar-refractivity contribution in [2.45, 2.75) is 388 Å². The van der Waals surface area contributed by atoms with E-state index in [-0.39, 0.29) is 25.7 Å². The van der Waals surface area contributed by atoms with Gasteiger partial charge in [-0.3, -0.25) is 37.3 Å². The fraction of sp³-hybridized carbons (Fsp3) is 0.896. The predicted octanol–water partition coefficient (Wildman–Crippen LogP) is 22.1. The van der Waals surface area contributed by atoms with Crippen molar-refractivity contribution in [3.05, 3.63) is 24.3 Å². The Morgan fingerprint density at radius 2 is 0.562 bits per heavy atom. The van der Waals surface area contributed by atoms with Crippen LogP contribution in [0, 0.1) is 17.8 Å². The van der Waals surface area contributed by atoms with E-state index in [9.17, 15) is 43.2 Å². The predicted molar refractivity (Wildman–Crippen MR) is 390 cm³/mol. The van der Waals surface area contributed by atoms with Crippen LogP contribution in [-0.2, 0) is 65.4 Å². The molecule has 0 aliphatic carbocycles. The molecule has 0 radical (unpaired) electrons. The first-order chi connectivity index (χ1) is 46.2. The molecule has 0 rings (SSSR count). The van der Waals surface area contributed by atoms with E-state index in [4.69, 9.17) is 37.0 Å². The summed E-state index contributed by atoms with van der Waals surface area (Å²) in [4.78, 5) is 72.8. The Bertz CT molecular complexity index is 1960. The van der Waals surface area contributed by atoms with Gasteiger partial charge in [0.15, 0.2) is 12.2 Å². The Morgan fingerprint density at radius 3 is 0.844 bits per heavy atom. The number of allylic oxidation sites excluding steroid dienone is 4. The van der Waals surface area contributed by atoms with Crippen LogP contribution in [0.5, 0.6) is 0 Å². The first-order valence-electron chi connectivity index (χ1n) is 39.2. The highest BCUT2D eigenvalue weighted by Crippen LogP contribution is 2.45. The van der Waals surface area contributed by atoms with Crippen LogP contribution in [-0.4, -0.2) is 96.7 Å². The van der Waals surface area contributed by atoms with Gasteiger partial charge in [-0.15, -0.1) is 0 Å². The molecule has 3 unspecified atom stereocenters. The number of carbonyl (C=O) groups excluding carboxylic acids is 4. The van der Waals surface area contributed by atoms with Gasteiger partial charge in [0.1, 0.15) is 19.3 Å². The highest BCUT2D eigenvalue weighted by atomic mass is 31.2. The van der Waals surface area contributed by atoms with Gasteiger partial charge in [-0.05, 0) is 69.1 Å². The van der Waals surface area contributed by atoms with E-state index in [0.717, 1.165) is 121 Å². The number of ether oxygens (including phenoxy) is 4. The van der Waals surface area contributed by atoms with E-state index in [2.05, 4.69) is 72.8 Å². The third kappa shape index (κ3) is 70.0. The normalized spacial score (nSPS) is 14.2. The number of hydrogen-bond acceptors (Lipinski definition) is 15. The fourth-order valence-corrected chi connectivity index (χ4v) is 12.8. The number of phosphoric acid groups is 2. The topological polar surface area (TPSA) is 237 Å². The monoisotopic (exact) mass is 1410 g/mol. The minimum Gasteiger partial charge on any atom is -0.462 e. The lowest BCUT2D eigenvalue weighted by atomic mass is 10.0. The molecule has 17 nitrogen and oxygen atoms in total. The molecule has 0 spiro atoms. The highest BCUT2D eigenvalue weighted by Gasteiger charge is 2.30. The molecule has 0 saturated heterocycles. The fourth-order valence-electron chi connectivity index (χ4n) is 11.2. The average molecular weight is 1410 g/mol. The van der Waals surface area contributed by atoms with Gasteiger partial charge in [0.05, 0.1) is 26.4 Å². The summed E-state index contributed by atoms with van der Waals surface area (Å²) in [5, 5.41) is 10.6. The van der Waals surface area contributed by atoms with Crippen molar-refractivity contribution in [3.63, 3.8) is 0 Å². The van der Waals surface area contributed by atoms with Crippen LogP contribution in [0.25, 0.3) is 0 Å². The Morgan fingerprint density at radius 1 is 0.323 bits per heavy atom.